The number of carbonyl (C=O) groups excluding carboxylic acids is 1. The molecule has 2 aromatic rings. The Morgan fingerprint density at radius 2 is 2.20 bits per heavy atom. The number of amides is 1. The van der Waals surface area contributed by atoms with Crippen LogP contribution in [0.4, 0.5) is 0 Å². The zero-order chi connectivity index (χ0) is 10.7. The number of nitrogen functional groups attached to an aromatic ring is 1. The van der Waals surface area contributed by atoms with Crippen molar-refractivity contribution < 1.29 is 4.79 Å². The lowest BCUT2D eigenvalue weighted by atomic mass is 10.1. The summed E-state index contributed by atoms with van der Waals surface area (Å²) in [6.45, 7) is 0. The topological polar surface area (TPSA) is 68.0 Å². The Morgan fingerprint density at radius 1 is 1.40 bits per heavy atom. The first-order valence-corrected chi connectivity index (χ1v) is 5.20. The fraction of sp³-hybridized carbons (Fsp3) is 0. The number of hydrogen-bond acceptors (Lipinski definition) is 4. The highest BCUT2D eigenvalue weighted by Gasteiger charge is 2.12. The Balaban J connectivity index is 2.52. The molecule has 0 saturated carbocycles. The summed E-state index contributed by atoms with van der Waals surface area (Å²) in [5.41, 5.74) is 3.46. The molecule has 0 saturated heterocycles. The SMILES string of the molecule is NNC(=O)c1ccccc1-c1nccs1. The van der Waals surface area contributed by atoms with Crippen LogP contribution in [0, 0.1) is 0 Å². The van der Waals surface area contributed by atoms with E-state index in [0.717, 1.165) is 10.6 Å². The Labute approximate surface area is 90.7 Å². The molecule has 4 nitrogen and oxygen atoms in total. The number of thiazole rings is 1. The summed E-state index contributed by atoms with van der Waals surface area (Å²) >= 11 is 1.49. The van der Waals surface area contributed by atoms with Crippen LogP contribution in [0.25, 0.3) is 10.6 Å². The van der Waals surface area contributed by atoms with Gasteiger partial charge in [-0.25, -0.2) is 10.8 Å². The average Bonchev–Trinajstić information content (AvgIpc) is 2.81. The number of aromatic nitrogens is 1. The van der Waals surface area contributed by atoms with Crippen molar-refractivity contribution in [1.82, 2.24) is 10.4 Å². The normalized spacial score (nSPS) is 9.93. The number of nitrogens with zero attached hydrogens (tertiary/aromatic N) is 1. The van der Waals surface area contributed by atoms with Crippen LogP contribution < -0.4 is 11.3 Å². The van der Waals surface area contributed by atoms with E-state index in [1.165, 1.54) is 11.3 Å². The van der Waals surface area contributed by atoms with Gasteiger partial charge in [-0.15, -0.1) is 11.3 Å². The largest absolute Gasteiger partial charge is 0.290 e. The van der Waals surface area contributed by atoms with Gasteiger partial charge in [-0.1, -0.05) is 18.2 Å². The molecule has 0 fully saturated rings. The van der Waals surface area contributed by atoms with E-state index in [1.54, 1.807) is 18.3 Å². The van der Waals surface area contributed by atoms with Crippen molar-refractivity contribution in [2.45, 2.75) is 0 Å². The minimum Gasteiger partial charge on any atom is -0.290 e. The zero-order valence-corrected chi connectivity index (χ0v) is 8.62. The van der Waals surface area contributed by atoms with Gasteiger partial charge in [0.2, 0.25) is 0 Å². The molecular formula is C10H9N3OS. The molecule has 76 valence electrons. The lowest BCUT2D eigenvalue weighted by molar-refractivity contribution is 0.0954. The third kappa shape index (κ3) is 1.88. The van der Waals surface area contributed by atoms with Crippen LogP contribution in [-0.4, -0.2) is 10.9 Å². The first-order valence-electron chi connectivity index (χ1n) is 4.33. The molecule has 0 bridgehead atoms. The van der Waals surface area contributed by atoms with Gasteiger partial charge in [-0.05, 0) is 6.07 Å². The number of carbonyl (C=O) groups is 1. The monoisotopic (exact) mass is 219 g/mol. The van der Waals surface area contributed by atoms with Crippen LogP contribution in [-0.2, 0) is 0 Å². The van der Waals surface area contributed by atoms with Gasteiger partial charge in [-0.3, -0.25) is 10.2 Å². The summed E-state index contributed by atoms with van der Waals surface area (Å²) in [5.74, 6) is 4.80. The van der Waals surface area contributed by atoms with Crippen LogP contribution in [0.2, 0.25) is 0 Å². The quantitative estimate of drug-likeness (QED) is 0.456. The predicted octanol–water partition coefficient (Wildman–Crippen LogP) is 1.41. The molecule has 2 rings (SSSR count). The van der Waals surface area contributed by atoms with Gasteiger partial charge in [-0.2, -0.15) is 0 Å². The fourth-order valence-corrected chi connectivity index (χ4v) is 1.98. The van der Waals surface area contributed by atoms with Crippen LogP contribution in [0.1, 0.15) is 10.4 Å². The van der Waals surface area contributed by atoms with Gasteiger partial charge in [0, 0.05) is 17.1 Å². The van der Waals surface area contributed by atoms with E-state index >= 15 is 0 Å². The Morgan fingerprint density at radius 3 is 2.87 bits per heavy atom. The molecule has 1 amide bonds. The van der Waals surface area contributed by atoms with Gasteiger partial charge >= 0.3 is 0 Å². The predicted molar refractivity (Wildman–Crippen MR) is 59.2 cm³/mol. The van der Waals surface area contributed by atoms with Crippen molar-refractivity contribution in [3.05, 3.63) is 41.4 Å². The Bertz CT molecular complexity index is 467. The van der Waals surface area contributed by atoms with E-state index in [9.17, 15) is 4.79 Å². The molecule has 0 aliphatic heterocycles. The Hall–Kier alpha value is -1.72. The van der Waals surface area contributed by atoms with Crippen molar-refractivity contribution in [3.63, 3.8) is 0 Å². The maximum absolute atomic E-state index is 11.5. The highest BCUT2D eigenvalue weighted by Crippen LogP contribution is 2.25. The van der Waals surface area contributed by atoms with Crippen molar-refractivity contribution in [3.8, 4) is 10.6 Å². The highest BCUT2D eigenvalue weighted by atomic mass is 32.1. The van der Waals surface area contributed by atoms with Gasteiger partial charge < -0.3 is 0 Å². The standard InChI is InChI=1S/C10H9N3OS/c11-13-9(14)7-3-1-2-4-8(7)10-12-5-6-15-10/h1-6H,11H2,(H,13,14). The van der Waals surface area contributed by atoms with Crippen molar-refractivity contribution in [2.24, 2.45) is 5.84 Å². The molecule has 0 radical (unpaired) electrons. The molecule has 0 spiro atoms. The summed E-state index contributed by atoms with van der Waals surface area (Å²) in [7, 11) is 0. The molecule has 0 unspecified atom stereocenters. The van der Waals surface area contributed by atoms with Crippen molar-refractivity contribution in [2.75, 3.05) is 0 Å². The van der Waals surface area contributed by atoms with Crippen LogP contribution in [0.3, 0.4) is 0 Å². The first-order chi connectivity index (χ1) is 7.33. The second-order valence-electron chi connectivity index (χ2n) is 2.86. The highest BCUT2D eigenvalue weighted by molar-refractivity contribution is 7.13. The third-order valence-corrected chi connectivity index (χ3v) is 2.77. The van der Waals surface area contributed by atoms with Gasteiger partial charge in [0.05, 0.1) is 5.56 Å². The summed E-state index contributed by atoms with van der Waals surface area (Å²) in [6, 6.07) is 7.23. The number of benzene rings is 1. The van der Waals surface area contributed by atoms with Crippen molar-refractivity contribution in [1.29, 1.82) is 0 Å². The number of nitrogens with two attached hydrogens (primary N) is 1. The number of hydrogen-bond donors (Lipinski definition) is 2. The molecule has 0 atom stereocenters. The third-order valence-electron chi connectivity index (χ3n) is 1.97. The van der Waals surface area contributed by atoms with Crippen LogP contribution >= 0.6 is 11.3 Å². The number of rotatable bonds is 2. The van der Waals surface area contributed by atoms with E-state index in [0.29, 0.717) is 5.56 Å². The van der Waals surface area contributed by atoms with Gasteiger partial charge in [0.25, 0.3) is 5.91 Å². The zero-order valence-electron chi connectivity index (χ0n) is 7.81. The summed E-state index contributed by atoms with van der Waals surface area (Å²) in [6.07, 6.45) is 1.71. The minimum atomic E-state index is -0.305. The molecule has 0 aliphatic carbocycles. The van der Waals surface area contributed by atoms with E-state index in [-0.39, 0.29) is 5.91 Å². The van der Waals surface area contributed by atoms with Gasteiger partial charge in [0.1, 0.15) is 5.01 Å². The lowest BCUT2D eigenvalue weighted by Gasteiger charge is -2.04. The van der Waals surface area contributed by atoms with E-state index < -0.39 is 0 Å². The number of nitrogens with one attached hydrogen (secondary N) is 1. The maximum atomic E-state index is 11.5. The molecule has 0 aliphatic rings. The summed E-state index contributed by atoms with van der Waals surface area (Å²) in [5, 5.41) is 2.68. The van der Waals surface area contributed by atoms with Crippen LogP contribution in [0.5, 0.6) is 0 Å². The molecule has 1 aromatic carbocycles. The molecule has 5 heteroatoms. The van der Waals surface area contributed by atoms with E-state index in [1.807, 2.05) is 17.5 Å². The van der Waals surface area contributed by atoms with E-state index in [4.69, 9.17) is 5.84 Å². The minimum absolute atomic E-state index is 0.305. The van der Waals surface area contributed by atoms with Crippen molar-refractivity contribution >= 4 is 17.2 Å². The smallest absolute Gasteiger partial charge is 0.265 e. The summed E-state index contributed by atoms with van der Waals surface area (Å²) < 4.78 is 0. The first kappa shape index (κ1) is 9.82. The van der Waals surface area contributed by atoms with E-state index in [2.05, 4.69) is 10.4 Å². The Kier molecular flexibility index (Phi) is 2.75. The second kappa shape index (κ2) is 4.20. The second-order valence-corrected chi connectivity index (χ2v) is 3.75. The summed E-state index contributed by atoms with van der Waals surface area (Å²) in [4.78, 5) is 15.6. The average molecular weight is 219 g/mol. The molecule has 1 aromatic heterocycles. The number of hydrazine groups is 1. The van der Waals surface area contributed by atoms with Gasteiger partial charge in [0.15, 0.2) is 0 Å². The molecule has 15 heavy (non-hydrogen) atoms. The molecule has 1 heterocycles. The fourth-order valence-electron chi connectivity index (χ4n) is 1.30. The molecule has 3 N–H and O–H groups in total. The molecular weight excluding hydrogens is 210 g/mol. The maximum Gasteiger partial charge on any atom is 0.265 e. The van der Waals surface area contributed by atoms with Crippen LogP contribution in [0.15, 0.2) is 35.8 Å². The lowest BCUT2D eigenvalue weighted by Crippen LogP contribution is -2.30.